The van der Waals surface area contributed by atoms with Crippen LogP contribution in [0.25, 0.3) is 0 Å². The highest BCUT2D eigenvalue weighted by Gasteiger charge is 2.26. The van der Waals surface area contributed by atoms with E-state index in [2.05, 4.69) is 39.8 Å². The lowest BCUT2D eigenvalue weighted by atomic mass is 10.1. The van der Waals surface area contributed by atoms with Crippen molar-refractivity contribution in [3.63, 3.8) is 0 Å². The van der Waals surface area contributed by atoms with Gasteiger partial charge in [0.2, 0.25) is 0 Å². The summed E-state index contributed by atoms with van der Waals surface area (Å²) in [5, 5.41) is 5.42. The number of alkyl halides is 1. The normalized spacial score (nSPS) is 20.8. The molecule has 0 amide bonds. The molecule has 0 radical (unpaired) electrons. The minimum Gasteiger partial charge on any atom is -0.356 e. The summed E-state index contributed by atoms with van der Waals surface area (Å²) in [6, 6.07) is 0. The van der Waals surface area contributed by atoms with E-state index in [0.717, 1.165) is 16.9 Å². The van der Waals surface area contributed by atoms with Crippen LogP contribution in [0.5, 0.6) is 0 Å². The van der Waals surface area contributed by atoms with Crippen molar-refractivity contribution >= 4 is 21.7 Å². The molecular formula is C12H20BrN3. The standard InChI is InChI=1S/C12H20BrN3/c1-4-10-5-6-16(8-10)12-11(7-13)9(2)14-15(12)3/h10H,4-8H2,1-3H3. The van der Waals surface area contributed by atoms with Gasteiger partial charge in [-0.3, -0.25) is 4.68 Å². The topological polar surface area (TPSA) is 21.1 Å². The summed E-state index contributed by atoms with van der Waals surface area (Å²) < 4.78 is 2.03. The van der Waals surface area contributed by atoms with Crippen LogP contribution in [0, 0.1) is 12.8 Å². The highest BCUT2D eigenvalue weighted by atomic mass is 79.9. The molecule has 2 rings (SSSR count). The fraction of sp³-hybridized carbons (Fsp3) is 0.750. The van der Waals surface area contributed by atoms with Crippen LogP contribution in [-0.4, -0.2) is 22.9 Å². The number of nitrogens with zero attached hydrogens (tertiary/aromatic N) is 3. The first-order chi connectivity index (χ1) is 7.67. The number of hydrogen-bond acceptors (Lipinski definition) is 2. The number of halogens is 1. The maximum Gasteiger partial charge on any atom is 0.130 e. The summed E-state index contributed by atoms with van der Waals surface area (Å²) in [6.07, 6.45) is 2.61. The van der Waals surface area contributed by atoms with Gasteiger partial charge >= 0.3 is 0 Å². The van der Waals surface area contributed by atoms with Crippen molar-refractivity contribution in [2.24, 2.45) is 13.0 Å². The first-order valence-electron chi connectivity index (χ1n) is 6.00. The number of aromatic nitrogens is 2. The molecule has 0 aromatic carbocycles. The second kappa shape index (κ2) is 4.78. The second-order valence-corrected chi connectivity index (χ2v) is 5.21. The third-order valence-electron chi connectivity index (χ3n) is 3.61. The lowest BCUT2D eigenvalue weighted by Crippen LogP contribution is -2.23. The highest BCUT2D eigenvalue weighted by molar-refractivity contribution is 9.08. The molecule has 1 fully saturated rings. The fourth-order valence-electron chi connectivity index (χ4n) is 2.60. The van der Waals surface area contributed by atoms with E-state index in [1.165, 1.54) is 37.3 Å². The van der Waals surface area contributed by atoms with Crippen LogP contribution in [0.15, 0.2) is 0 Å². The average molecular weight is 286 g/mol. The molecule has 1 saturated heterocycles. The van der Waals surface area contributed by atoms with Gasteiger partial charge in [-0.2, -0.15) is 5.10 Å². The zero-order valence-corrected chi connectivity index (χ0v) is 11.9. The molecule has 2 heterocycles. The van der Waals surface area contributed by atoms with Crippen molar-refractivity contribution < 1.29 is 0 Å². The number of rotatable bonds is 3. The van der Waals surface area contributed by atoms with Crippen LogP contribution < -0.4 is 4.90 Å². The Labute approximate surface area is 106 Å². The Kier molecular flexibility index (Phi) is 3.57. The Morgan fingerprint density at radius 3 is 2.81 bits per heavy atom. The third-order valence-corrected chi connectivity index (χ3v) is 4.17. The first kappa shape index (κ1) is 12.0. The van der Waals surface area contributed by atoms with E-state index in [1.807, 2.05) is 11.7 Å². The van der Waals surface area contributed by atoms with Gasteiger partial charge in [-0.05, 0) is 19.3 Å². The minimum absolute atomic E-state index is 0.860. The Bertz CT molecular complexity index is 373. The first-order valence-corrected chi connectivity index (χ1v) is 7.12. The molecule has 0 saturated carbocycles. The predicted molar refractivity (Wildman–Crippen MR) is 71.2 cm³/mol. The molecule has 0 bridgehead atoms. The van der Waals surface area contributed by atoms with Crippen molar-refractivity contribution in [2.45, 2.75) is 32.0 Å². The van der Waals surface area contributed by atoms with E-state index in [1.54, 1.807) is 0 Å². The molecule has 1 atom stereocenters. The second-order valence-electron chi connectivity index (χ2n) is 4.65. The van der Waals surface area contributed by atoms with E-state index in [0.29, 0.717) is 0 Å². The van der Waals surface area contributed by atoms with Crippen LogP contribution in [0.2, 0.25) is 0 Å². The van der Waals surface area contributed by atoms with Gasteiger partial charge in [0.25, 0.3) is 0 Å². The monoisotopic (exact) mass is 285 g/mol. The van der Waals surface area contributed by atoms with E-state index in [4.69, 9.17) is 0 Å². The quantitative estimate of drug-likeness (QED) is 0.797. The molecule has 0 spiro atoms. The molecule has 1 aromatic rings. The molecule has 3 nitrogen and oxygen atoms in total. The maximum absolute atomic E-state index is 4.52. The van der Waals surface area contributed by atoms with Gasteiger partial charge < -0.3 is 4.90 Å². The molecule has 16 heavy (non-hydrogen) atoms. The highest BCUT2D eigenvalue weighted by Crippen LogP contribution is 2.30. The average Bonchev–Trinajstić information content (AvgIpc) is 2.82. The summed E-state index contributed by atoms with van der Waals surface area (Å²) in [4.78, 5) is 2.49. The molecule has 1 aromatic heterocycles. The SMILES string of the molecule is CCC1CCN(c2c(CBr)c(C)nn2C)C1. The number of hydrogen-bond donors (Lipinski definition) is 0. The van der Waals surface area contributed by atoms with Gasteiger partial charge in [0.05, 0.1) is 5.69 Å². The zero-order valence-electron chi connectivity index (χ0n) is 10.3. The van der Waals surface area contributed by atoms with Gasteiger partial charge in [0, 0.05) is 31.0 Å². The Hall–Kier alpha value is -0.510. The van der Waals surface area contributed by atoms with Gasteiger partial charge in [-0.15, -0.1) is 0 Å². The van der Waals surface area contributed by atoms with Crippen LogP contribution in [0.4, 0.5) is 5.82 Å². The van der Waals surface area contributed by atoms with Crippen molar-refractivity contribution in [3.8, 4) is 0 Å². The van der Waals surface area contributed by atoms with E-state index >= 15 is 0 Å². The van der Waals surface area contributed by atoms with Crippen molar-refractivity contribution in [2.75, 3.05) is 18.0 Å². The van der Waals surface area contributed by atoms with Crippen LogP contribution in [-0.2, 0) is 12.4 Å². The van der Waals surface area contributed by atoms with Gasteiger partial charge in [0.15, 0.2) is 0 Å². The summed E-state index contributed by atoms with van der Waals surface area (Å²) in [7, 11) is 2.05. The summed E-state index contributed by atoms with van der Waals surface area (Å²) in [5.74, 6) is 2.17. The molecule has 90 valence electrons. The Morgan fingerprint density at radius 1 is 1.50 bits per heavy atom. The molecular weight excluding hydrogens is 266 g/mol. The van der Waals surface area contributed by atoms with Crippen LogP contribution in [0.1, 0.15) is 31.0 Å². The number of anilines is 1. The van der Waals surface area contributed by atoms with Crippen molar-refractivity contribution in [3.05, 3.63) is 11.3 Å². The summed E-state index contributed by atoms with van der Waals surface area (Å²) in [6.45, 7) is 6.74. The summed E-state index contributed by atoms with van der Waals surface area (Å²) >= 11 is 3.57. The smallest absolute Gasteiger partial charge is 0.130 e. The van der Waals surface area contributed by atoms with E-state index in [9.17, 15) is 0 Å². The lowest BCUT2D eigenvalue weighted by Gasteiger charge is -2.20. The third kappa shape index (κ3) is 1.99. The van der Waals surface area contributed by atoms with Gasteiger partial charge in [-0.25, -0.2) is 0 Å². The van der Waals surface area contributed by atoms with Crippen molar-refractivity contribution in [1.29, 1.82) is 0 Å². The number of aryl methyl sites for hydroxylation is 2. The maximum atomic E-state index is 4.52. The fourth-order valence-corrected chi connectivity index (χ4v) is 3.26. The van der Waals surface area contributed by atoms with Crippen LogP contribution in [0.3, 0.4) is 0 Å². The van der Waals surface area contributed by atoms with E-state index in [-0.39, 0.29) is 0 Å². The molecule has 1 aliphatic rings. The molecule has 4 heteroatoms. The Morgan fingerprint density at radius 2 is 2.25 bits per heavy atom. The van der Waals surface area contributed by atoms with E-state index < -0.39 is 0 Å². The Balaban J connectivity index is 2.27. The van der Waals surface area contributed by atoms with Gasteiger partial charge in [-0.1, -0.05) is 29.3 Å². The van der Waals surface area contributed by atoms with Crippen molar-refractivity contribution in [1.82, 2.24) is 9.78 Å². The largest absolute Gasteiger partial charge is 0.356 e. The van der Waals surface area contributed by atoms with Gasteiger partial charge in [0.1, 0.15) is 5.82 Å². The molecule has 1 aliphatic heterocycles. The minimum atomic E-state index is 0.860. The predicted octanol–water partition coefficient (Wildman–Crippen LogP) is 2.86. The molecule has 0 N–H and O–H groups in total. The van der Waals surface area contributed by atoms with Crippen LogP contribution >= 0.6 is 15.9 Å². The zero-order chi connectivity index (χ0) is 11.7. The summed E-state index contributed by atoms with van der Waals surface area (Å²) in [5.41, 5.74) is 2.49. The molecule has 1 unspecified atom stereocenters. The lowest BCUT2D eigenvalue weighted by molar-refractivity contribution is 0.567. The molecule has 0 aliphatic carbocycles.